The first kappa shape index (κ1) is 12.1. The second-order valence-electron chi connectivity index (χ2n) is 4.56. The van der Waals surface area contributed by atoms with Gasteiger partial charge in [-0.15, -0.1) is 11.3 Å². The summed E-state index contributed by atoms with van der Waals surface area (Å²) < 4.78 is 13.1. The lowest BCUT2D eigenvalue weighted by molar-refractivity contribution is 0.627. The molecule has 1 saturated carbocycles. The smallest absolute Gasteiger partial charge is 0.141 e. The molecule has 1 aromatic carbocycles. The summed E-state index contributed by atoms with van der Waals surface area (Å²) in [7, 11) is 0. The maximum absolute atomic E-state index is 13.1. The van der Waals surface area contributed by atoms with Crippen LogP contribution in [-0.2, 0) is 0 Å². The lowest BCUT2D eigenvalue weighted by Crippen LogP contribution is -2.11. The molecule has 1 aromatic heterocycles. The highest BCUT2D eigenvalue weighted by atomic mass is 35.5. The summed E-state index contributed by atoms with van der Waals surface area (Å²) in [4.78, 5) is 4.52. The van der Waals surface area contributed by atoms with Crippen LogP contribution in [0.4, 0.5) is 4.39 Å². The Morgan fingerprint density at radius 1 is 1.44 bits per heavy atom. The molecular weight excluding hydrogens is 271 g/mol. The number of aromatic nitrogens is 1. The van der Waals surface area contributed by atoms with E-state index in [1.807, 2.05) is 5.38 Å². The molecule has 1 aliphatic rings. The van der Waals surface area contributed by atoms with Crippen LogP contribution in [0.1, 0.15) is 23.9 Å². The topological polar surface area (TPSA) is 38.9 Å². The van der Waals surface area contributed by atoms with Gasteiger partial charge in [0.1, 0.15) is 10.8 Å². The molecule has 1 unspecified atom stereocenters. The molecule has 1 fully saturated rings. The molecule has 2 nitrogen and oxygen atoms in total. The minimum atomic E-state index is -0.412. The lowest BCUT2D eigenvalue weighted by atomic mass is 10.1. The third-order valence-corrected chi connectivity index (χ3v) is 4.39. The second-order valence-corrected chi connectivity index (χ2v) is 5.86. The van der Waals surface area contributed by atoms with Crippen molar-refractivity contribution in [1.29, 1.82) is 0 Å². The van der Waals surface area contributed by atoms with Gasteiger partial charge < -0.3 is 5.73 Å². The number of hydrogen-bond donors (Lipinski definition) is 1. The van der Waals surface area contributed by atoms with E-state index in [-0.39, 0.29) is 11.1 Å². The van der Waals surface area contributed by atoms with Crippen LogP contribution in [0.15, 0.2) is 23.6 Å². The van der Waals surface area contributed by atoms with Gasteiger partial charge in [0.15, 0.2) is 0 Å². The number of benzene rings is 1. The number of nitrogens with two attached hydrogens (primary N) is 1. The fourth-order valence-corrected chi connectivity index (χ4v) is 2.99. The van der Waals surface area contributed by atoms with Crippen LogP contribution in [0, 0.1) is 11.7 Å². The highest BCUT2D eigenvalue weighted by Crippen LogP contribution is 2.41. The molecule has 1 aliphatic carbocycles. The summed E-state index contributed by atoms with van der Waals surface area (Å²) in [5, 5.41) is 3.02. The van der Waals surface area contributed by atoms with Crippen molar-refractivity contribution in [2.75, 3.05) is 0 Å². The number of hydrogen-bond acceptors (Lipinski definition) is 3. The van der Waals surface area contributed by atoms with Crippen molar-refractivity contribution < 1.29 is 4.39 Å². The third-order valence-electron chi connectivity index (χ3n) is 3.15. The Hall–Kier alpha value is -0.970. The summed E-state index contributed by atoms with van der Waals surface area (Å²) in [6.45, 7) is 0. The maximum Gasteiger partial charge on any atom is 0.141 e. The second kappa shape index (κ2) is 4.61. The highest BCUT2D eigenvalue weighted by molar-refractivity contribution is 7.10. The van der Waals surface area contributed by atoms with Crippen molar-refractivity contribution in [3.05, 3.63) is 39.4 Å². The molecule has 0 amide bonds. The standard InChI is InChI=1S/C13H12ClFN2S/c14-9-5-8(3-4-10(9)15)11-6-18-13(17-11)12(16)7-1-2-7/h3-7,12H,1-2,16H2. The largest absolute Gasteiger partial charge is 0.322 e. The van der Waals surface area contributed by atoms with E-state index in [4.69, 9.17) is 17.3 Å². The Kier molecular flexibility index (Phi) is 3.09. The van der Waals surface area contributed by atoms with Gasteiger partial charge >= 0.3 is 0 Å². The molecule has 5 heteroatoms. The van der Waals surface area contributed by atoms with Gasteiger partial charge in [-0.25, -0.2) is 9.37 Å². The molecule has 0 saturated heterocycles. The maximum atomic E-state index is 13.1. The molecule has 1 heterocycles. The molecule has 0 aliphatic heterocycles. The van der Waals surface area contributed by atoms with Gasteiger partial charge in [-0.05, 0) is 37.0 Å². The van der Waals surface area contributed by atoms with Crippen molar-refractivity contribution in [3.8, 4) is 11.3 Å². The van der Waals surface area contributed by atoms with E-state index in [9.17, 15) is 4.39 Å². The van der Waals surface area contributed by atoms with Crippen molar-refractivity contribution in [2.24, 2.45) is 11.7 Å². The van der Waals surface area contributed by atoms with Crippen LogP contribution in [0.3, 0.4) is 0 Å². The summed E-state index contributed by atoms with van der Waals surface area (Å²) in [5.74, 6) is 0.173. The van der Waals surface area contributed by atoms with E-state index < -0.39 is 5.82 Å². The molecule has 1 atom stereocenters. The minimum Gasteiger partial charge on any atom is -0.322 e. The van der Waals surface area contributed by atoms with Crippen LogP contribution in [-0.4, -0.2) is 4.98 Å². The normalized spacial score (nSPS) is 16.8. The van der Waals surface area contributed by atoms with E-state index >= 15 is 0 Å². The van der Waals surface area contributed by atoms with Gasteiger partial charge in [-0.1, -0.05) is 11.6 Å². The Morgan fingerprint density at radius 2 is 2.22 bits per heavy atom. The third kappa shape index (κ3) is 2.28. The van der Waals surface area contributed by atoms with Crippen molar-refractivity contribution >= 4 is 22.9 Å². The zero-order chi connectivity index (χ0) is 12.7. The first-order valence-electron chi connectivity index (χ1n) is 5.81. The lowest BCUT2D eigenvalue weighted by Gasteiger charge is -2.04. The first-order valence-corrected chi connectivity index (χ1v) is 7.07. The quantitative estimate of drug-likeness (QED) is 0.924. The highest BCUT2D eigenvalue weighted by Gasteiger charge is 2.31. The van der Waals surface area contributed by atoms with Crippen LogP contribution in [0.25, 0.3) is 11.3 Å². The monoisotopic (exact) mass is 282 g/mol. The molecule has 2 aromatic rings. The average Bonchev–Trinajstić information content (AvgIpc) is 3.09. The number of rotatable bonds is 3. The number of nitrogens with zero attached hydrogens (tertiary/aromatic N) is 1. The minimum absolute atomic E-state index is 0.0414. The summed E-state index contributed by atoms with van der Waals surface area (Å²) >= 11 is 7.33. The number of halogens is 2. The van der Waals surface area contributed by atoms with Gasteiger partial charge in [0.25, 0.3) is 0 Å². The fraction of sp³-hybridized carbons (Fsp3) is 0.308. The fourth-order valence-electron chi connectivity index (χ4n) is 1.89. The Bertz CT molecular complexity index is 580. The van der Waals surface area contributed by atoms with Gasteiger partial charge in [0.2, 0.25) is 0 Å². The zero-order valence-electron chi connectivity index (χ0n) is 9.57. The van der Waals surface area contributed by atoms with Crippen molar-refractivity contribution in [3.63, 3.8) is 0 Å². The molecule has 0 radical (unpaired) electrons. The molecule has 94 valence electrons. The Morgan fingerprint density at radius 3 is 2.89 bits per heavy atom. The van der Waals surface area contributed by atoms with Gasteiger partial charge in [0, 0.05) is 10.9 Å². The Labute approximate surface area is 114 Å². The van der Waals surface area contributed by atoms with E-state index in [1.54, 1.807) is 23.5 Å². The molecule has 3 rings (SSSR count). The van der Waals surface area contributed by atoms with Crippen LogP contribution >= 0.6 is 22.9 Å². The number of thiazole rings is 1. The Balaban J connectivity index is 1.89. The van der Waals surface area contributed by atoms with E-state index in [0.717, 1.165) is 16.3 Å². The molecule has 0 spiro atoms. The van der Waals surface area contributed by atoms with E-state index in [2.05, 4.69) is 4.98 Å². The summed E-state index contributed by atoms with van der Waals surface area (Å²) in [6.07, 6.45) is 2.39. The summed E-state index contributed by atoms with van der Waals surface area (Å²) in [6, 6.07) is 4.68. The predicted molar refractivity (Wildman–Crippen MR) is 72.2 cm³/mol. The molecule has 18 heavy (non-hydrogen) atoms. The van der Waals surface area contributed by atoms with Crippen LogP contribution in [0.2, 0.25) is 5.02 Å². The first-order chi connectivity index (χ1) is 8.65. The molecule has 0 bridgehead atoms. The average molecular weight is 283 g/mol. The molecule has 2 N–H and O–H groups in total. The molecular formula is C13H12ClFN2S. The van der Waals surface area contributed by atoms with Crippen LogP contribution < -0.4 is 5.73 Å². The van der Waals surface area contributed by atoms with E-state index in [1.165, 1.54) is 18.9 Å². The van der Waals surface area contributed by atoms with Gasteiger partial charge in [0.05, 0.1) is 16.8 Å². The van der Waals surface area contributed by atoms with Crippen molar-refractivity contribution in [1.82, 2.24) is 4.98 Å². The zero-order valence-corrected chi connectivity index (χ0v) is 11.1. The van der Waals surface area contributed by atoms with E-state index in [0.29, 0.717) is 5.92 Å². The van der Waals surface area contributed by atoms with Gasteiger partial charge in [-0.3, -0.25) is 0 Å². The summed E-state index contributed by atoms with van der Waals surface area (Å²) in [5.41, 5.74) is 7.75. The van der Waals surface area contributed by atoms with Crippen LogP contribution in [0.5, 0.6) is 0 Å². The predicted octanol–water partition coefficient (Wildman–Crippen LogP) is 4.01. The SMILES string of the molecule is NC(c1nc(-c2ccc(F)c(Cl)c2)cs1)C1CC1. The van der Waals surface area contributed by atoms with Crippen molar-refractivity contribution in [2.45, 2.75) is 18.9 Å². The van der Waals surface area contributed by atoms with Gasteiger partial charge in [-0.2, -0.15) is 0 Å².